The lowest BCUT2D eigenvalue weighted by Gasteiger charge is -2.21. The van der Waals surface area contributed by atoms with Gasteiger partial charge in [-0.2, -0.15) is 0 Å². The second-order valence-electron chi connectivity index (χ2n) is 6.36. The van der Waals surface area contributed by atoms with Crippen molar-refractivity contribution in [1.29, 1.82) is 0 Å². The number of ether oxygens (including phenoxy) is 1. The minimum Gasteiger partial charge on any atom is -0.493 e. The lowest BCUT2D eigenvalue weighted by atomic mass is 9.90. The maximum absolute atomic E-state index is 11.9. The van der Waals surface area contributed by atoms with E-state index in [2.05, 4.69) is 5.32 Å². The van der Waals surface area contributed by atoms with Crippen molar-refractivity contribution in [2.75, 3.05) is 13.2 Å². The van der Waals surface area contributed by atoms with Gasteiger partial charge in [-0.3, -0.25) is 4.79 Å². The minimum atomic E-state index is -0.0560. The quantitative estimate of drug-likeness (QED) is 0.798. The number of nitrogens with one attached hydrogen (secondary N) is 1. The van der Waals surface area contributed by atoms with E-state index in [9.17, 15) is 4.79 Å². The molecule has 0 aromatic heterocycles. The molecule has 0 saturated heterocycles. The second-order valence-corrected chi connectivity index (χ2v) is 6.36. The summed E-state index contributed by atoms with van der Waals surface area (Å²) in [5, 5.41) is 2.87. The van der Waals surface area contributed by atoms with Gasteiger partial charge in [-0.25, -0.2) is 0 Å². The first kappa shape index (κ1) is 19.8. The third-order valence-corrected chi connectivity index (χ3v) is 4.21. The van der Waals surface area contributed by atoms with Crippen molar-refractivity contribution >= 4 is 18.3 Å². The van der Waals surface area contributed by atoms with Gasteiger partial charge in [-0.15, -0.1) is 12.4 Å². The Labute approximate surface area is 145 Å². The van der Waals surface area contributed by atoms with Gasteiger partial charge < -0.3 is 15.8 Å². The molecule has 1 aliphatic rings. The Morgan fingerprint density at radius 1 is 1.26 bits per heavy atom. The van der Waals surface area contributed by atoms with Gasteiger partial charge in [0.15, 0.2) is 0 Å². The van der Waals surface area contributed by atoms with Gasteiger partial charge in [-0.05, 0) is 56.4 Å². The Kier molecular flexibility index (Phi) is 9.03. The van der Waals surface area contributed by atoms with E-state index in [0.717, 1.165) is 18.8 Å². The Morgan fingerprint density at radius 2 is 1.91 bits per heavy atom. The van der Waals surface area contributed by atoms with Crippen LogP contribution in [0.15, 0.2) is 24.3 Å². The highest BCUT2D eigenvalue weighted by Gasteiger charge is 2.14. The highest BCUT2D eigenvalue weighted by molar-refractivity contribution is 5.94. The predicted octanol–water partition coefficient (Wildman–Crippen LogP) is 3.53. The lowest BCUT2D eigenvalue weighted by molar-refractivity contribution is 0.0952. The summed E-state index contributed by atoms with van der Waals surface area (Å²) in [6.07, 6.45) is 7.36. The molecule has 0 spiro atoms. The normalized spacial score (nSPS) is 16.3. The summed E-state index contributed by atoms with van der Waals surface area (Å²) in [6, 6.07) is 7.50. The molecule has 2 rings (SSSR count). The Hall–Kier alpha value is -1.26. The van der Waals surface area contributed by atoms with E-state index < -0.39 is 0 Å². The summed E-state index contributed by atoms with van der Waals surface area (Å²) in [5.74, 6) is 1.48. The zero-order valence-electron chi connectivity index (χ0n) is 13.9. The topological polar surface area (TPSA) is 64.3 Å². The third kappa shape index (κ3) is 7.23. The van der Waals surface area contributed by atoms with E-state index in [1.54, 1.807) is 0 Å². The van der Waals surface area contributed by atoms with Gasteiger partial charge in [-0.1, -0.05) is 19.3 Å². The van der Waals surface area contributed by atoms with Crippen LogP contribution in [0.2, 0.25) is 0 Å². The summed E-state index contributed by atoms with van der Waals surface area (Å²) >= 11 is 0. The van der Waals surface area contributed by atoms with Crippen LogP contribution in [-0.2, 0) is 0 Å². The monoisotopic (exact) mass is 340 g/mol. The van der Waals surface area contributed by atoms with E-state index in [1.807, 2.05) is 31.2 Å². The number of halogens is 1. The fourth-order valence-corrected chi connectivity index (χ4v) is 2.79. The average Bonchev–Trinajstić information content (AvgIpc) is 2.54. The van der Waals surface area contributed by atoms with Crippen LogP contribution in [0.3, 0.4) is 0 Å². The molecule has 0 heterocycles. The van der Waals surface area contributed by atoms with Gasteiger partial charge in [0, 0.05) is 18.2 Å². The summed E-state index contributed by atoms with van der Waals surface area (Å²) in [7, 11) is 0. The first-order valence-electron chi connectivity index (χ1n) is 8.42. The average molecular weight is 341 g/mol. The van der Waals surface area contributed by atoms with Crippen molar-refractivity contribution in [3.8, 4) is 5.75 Å². The molecule has 5 heteroatoms. The second kappa shape index (κ2) is 10.5. The van der Waals surface area contributed by atoms with Crippen LogP contribution in [0.4, 0.5) is 0 Å². The number of amides is 1. The van der Waals surface area contributed by atoms with Gasteiger partial charge in [0.05, 0.1) is 6.61 Å². The van der Waals surface area contributed by atoms with Crippen molar-refractivity contribution in [3.05, 3.63) is 29.8 Å². The van der Waals surface area contributed by atoms with Crippen LogP contribution in [0.5, 0.6) is 5.75 Å². The van der Waals surface area contributed by atoms with Gasteiger partial charge in [0.1, 0.15) is 5.75 Å². The molecule has 3 N–H and O–H groups in total. The van der Waals surface area contributed by atoms with Crippen LogP contribution in [0.1, 0.15) is 55.8 Å². The number of carbonyl (C=O) groups excluding carboxylic acids is 1. The maximum Gasteiger partial charge on any atom is 0.251 e. The van der Waals surface area contributed by atoms with E-state index >= 15 is 0 Å². The summed E-state index contributed by atoms with van der Waals surface area (Å²) < 4.78 is 5.84. The third-order valence-electron chi connectivity index (χ3n) is 4.21. The highest BCUT2D eigenvalue weighted by atomic mass is 35.5. The zero-order valence-corrected chi connectivity index (χ0v) is 14.7. The molecule has 0 radical (unpaired) electrons. The fraction of sp³-hybridized carbons (Fsp3) is 0.611. The van der Waals surface area contributed by atoms with Crippen LogP contribution >= 0.6 is 12.4 Å². The molecule has 1 fully saturated rings. The smallest absolute Gasteiger partial charge is 0.251 e. The highest BCUT2D eigenvalue weighted by Crippen LogP contribution is 2.24. The number of nitrogens with two attached hydrogens (primary N) is 1. The summed E-state index contributed by atoms with van der Waals surface area (Å²) in [4.78, 5) is 11.9. The molecule has 1 amide bonds. The Morgan fingerprint density at radius 3 is 2.52 bits per heavy atom. The van der Waals surface area contributed by atoms with Crippen LogP contribution in [0, 0.1) is 5.92 Å². The molecule has 4 nitrogen and oxygen atoms in total. The van der Waals surface area contributed by atoms with Gasteiger partial charge in [0.2, 0.25) is 0 Å². The van der Waals surface area contributed by atoms with Crippen molar-refractivity contribution in [2.45, 2.75) is 51.5 Å². The van der Waals surface area contributed by atoms with Crippen LogP contribution in [-0.4, -0.2) is 25.1 Å². The molecule has 1 atom stereocenters. The molecule has 0 bridgehead atoms. The summed E-state index contributed by atoms with van der Waals surface area (Å²) in [5.41, 5.74) is 6.33. The lowest BCUT2D eigenvalue weighted by Crippen LogP contribution is -2.28. The van der Waals surface area contributed by atoms with Crippen molar-refractivity contribution in [3.63, 3.8) is 0 Å². The predicted molar refractivity (Wildman–Crippen MR) is 96.4 cm³/mol. The molecular weight excluding hydrogens is 312 g/mol. The van der Waals surface area contributed by atoms with E-state index in [-0.39, 0.29) is 24.4 Å². The molecular formula is C18H29ClN2O2. The molecule has 1 unspecified atom stereocenters. The van der Waals surface area contributed by atoms with E-state index in [1.165, 1.54) is 32.1 Å². The molecule has 1 aromatic rings. The number of carbonyl (C=O) groups is 1. The van der Waals surface area contributed by atoms with Crippen LogP contribution < -0.4 is 15.8 Å². The van der Waals surface area contributed by atoms with Crippen molar-refractivity contribution in [2.24, 2.45) is 11.7 Å². The number of hydrogen-bond acceptors (Lipinski definition) is 3. The molecule has 1 aromatic carbocycles. The van der Waals surface area contributed by atoms with Gasteiger partial charge in [0.25, 0.3) is 5.91 Å². The number of hydrogen-bond donors (Lipinski definition) is 2. The van der Waals surface area contributed by atoms with E-state index in [0.29, 0.717) is 18.0 Å². The number of benzene rings is 1. The Balaban J connectivity index is 0.00000264. The molecule has 23 heavy (non-hydrogen) atoms. The SMILES string of the molecule is CC(N)CCNC(=O)c1ccc(OCC2CCCCC2)cc1.Cl. The minimum absolute atomic E-state index is 0. The fourth-order valence-electron chi connectivity index (χ4n) is 2.79. The van der Waals surface area contributed by atoms with Crippen molar-refractivity contribution < 1.29 is 9.53 Å². The first-order valence-corrected chi connectivity index (χ1v) is 8.42. The standard InChI is InChI=1S/C18H28N2O2.ClH/c1-14(19)11-12-20-18(21)16-7-9-17(10-8-16)22-13-15-5-3-2-4-6-15;/h7-10,14-15H,2-6,11-13,19H2,1H3,(H,20,21);1H. The van der Waals surface area contributed by atoms with Crippen molar-refractivity contribution in [1.82, 2.24) is 5.32 Å². The molecule has 1 saturated carbocycles. The van der Waals surface area contributed by atoms with Crippen LogP contribution in [0.25, 0.3) is 0 Å². The zero-order chi connectivity index (χ0) is 15.8. The number of rotatable bonds is 7. The van der Waals surface area contributed by atoms with E-state index in [4.69, 9.17) is 10.5 Å². The first-order chi connectivity index (χ1) is 10.6. The Bertz CT molecular complexity index is 457. The van der Waals surface area contributed by atoms with Gasteiger partial charge >= 0.3 is 0 Å². The molecule has 130 valence electrons. The summed E-state index contributed by atoms with van der Waals surface area (Å²) in [6.45, 7) is 3.33. The molecule has 1 aliphatic carbocycles. The maximum atomic E-state index is 11.9. The largest absolute Gasteiger partial charge is 0.493 e. The molecule has 0 aliphatic heterocycles.